The fraction of sp³-hybridized carbons (Fsp3) is 1.00. The van der Waals surface area contributed by atoms with Crippen molar-refractivity contribution in [3.8, 4) is 0 Å². The van der Waals surface area contributed by atoms with Gasteiger partial charge in [0.25, 0.3) is 0 Å². The van der Waals surface area contributed by atoms with Gasteiger partial charge >= 0.3 is 0 Å². The van der Waals surface area contributed by atoms with Crippen LogP contribution in [-0.2, 0) is 0 Å². The molecular formula is C11H22. The molecule has 0 nitrogen and oxygen atoms in total. The van der Waals surface area contributed by atoms with Gasteiger partial charge in [0.05, 0.1) is 0 Å². The van der Waals surface area contributed by atoms with Gasteiger partial charge in [-0.25, -0.2) is 0 Å². The molecule has 0 spiro atoms. The molecular weight excluding hydrogens is 132 g/mol. The molecule has 1 aliphatic carbocycles. The predicted octanol–water partition coefficient (Wildman–Crippen LogP) is 3.71. The summed E-state index contributed by atoms with van der Waals surface area (Å²) >= 11 is 0. The molecule has 0 amide bonds. The van der Waals surface area contributed by atoms with E-state index in [4.69, 9.17) is 0 Å². The molecule has 4 atom stereocenters. The minimum absolute atomic E-state index is 0.954. The zero-order valence-electron chi connectivity index (χ0n) is 8.43. The summed E-state index contributed by atoms with van der Waals surface area (Å²) in [7, 11) is 0. The summed E-state index contributed by atoms with van der Waals surface area (Å²) in [5, 5.41) is 0. The zero-order chi connectivity index (χ0) is 8.43. The molecule has 0 heterocycles. The Bertz CT molecular complexity index is 117. The van der Waals surface area contributed by atoms with Gasteiger partial charge in [0.1, 0.15) is 0 Å². The first-order valence-electron chi connectivity index (χ1n) is 5.16. The zero-order valence-corrected chi connectivity index (χ0v) is 8.43. The van der Waals surface area contributed by atoms with E-state index in [0.29, 0.717) is 0 Å². The molecule has 11 heavy (non-hydrogen) atoms. The lowest BCUT2D eigenvalue weighted by molar-refractivity contribution is 0.261. The molecule has 0 aromatic rings. The summed E-state index contributed by atoms with van der Waals surface area (Å²) in [5.74, 6) is 3.93. The first-order chi connectivity index (χ1) is 5.16. The van der Waals surface area contributed by atoms with Gasteiger partial charge in [-0.1, -0.05) is 40.5 Å². The third-order valence-corrected chi connectivity index (χ3v) is 3.90. The van der Waals surface area contributed by atoms with E-state index in [1.165, 1.54) is 19.3 Å². The molecule has 0 unspecified atom stereocenters. The average molecular weight is 154 g/mol. The van der Waals surface area contributed by atoms with Crippen LogP contribution in [0.1, 0.15) is 47.0 Å². The second-order valence-electron chi connectivity index (χ2n) is 4.46. The third kappa shape index (κ3) is 1.77. The quantitative estimate of drug-likeness (QED) is 0.568. The van der Waals surface area contributed by atoms with Crippen molar-refractivity contribution < 1.29 is 0 Å². The van der Waals surface area contributed by atoms with Crippen molar-refractivity contribution in [1.82, 2.24) is 0 Å². The molecule has 1 fully saturated rings. The van der Waals surface area contributed by atoms with Crippen LogP contribution in [0.5, 0.6) is 0 Å². The SMILES string of the molecule is CC[C@H](C)[C@H]1CC[C@@H](C)[C@H]1C. The lowest BCUT2D eigenvalue weighted by atomic mass is 9.82. The molecule has 0 N–H and O–H groups in total. The van der Waals surface area contributed by atoms with Gasteiger partial charge in [-0.3, -0.25) is 0 Å². The minimum Gasteiger partial charge on any atom is -0.0651 e. The highest BCUT2D eigenvalue weighted by Crippen LogP contribution is 2.41. The first-order valence-corrected chi connectivity index (χ1v) is 5.16. The largest absolute Gasteiger partial charge is 0.0651 e. The van der Waals surface area contributed by atoms with E-state index >= 15 is 0 Å². The van der Waals surface area contributed by atoms with Crippen LogP contribution in [0.25, 0.3) is 0 Å². The van der Waals surface area contributed by atoms with Crippen LogP contribution < -0.4 is 0 Å². The van der Waals surface area contributed by atoms with Gasteiger partial charge in [0, 0.05) is 0 Å². The van der Waals surface area contributed by atoms with E-state index in [9.17, 15) is 0 Å². The van der Waals surface area contributed by atoms with Crippen LogP contribution in [0.4, 0.5) is 0 Å². The maximum Gasteiger partial charge on any atom is -0.0360 e. The molecule has 0 aromatic heterocycles. The fourth-order valence-electron chi connectivity index (χ4n) is 2.51. The Hall–Kier alpha value is 0. The number of hydrogen-bond acceptors (Lipinski definition) is 0. The Morgan fingerprint density at radius 1 is 1.27 bits per heavy atom. The topological polar surface area (TPSA) is 0 Å². The summed E-state index contributed by atoms with van der Waals surface area (Å²) in [6.45, 7) is 9.58. The molecule has 1 aliphatic rings. The van der Waals surface area contributed by atoms with E-state index in [0.717, 1.165) is 23.7 Å². The van der Waals surface area contributed by atoms with Crippen molar-refractivity contribution in [2.24, 2.45) is 23.7 Å². The summed E-state index contributed by atoms with van der Waals surface area (Å²) in [6.07, 6.45) is 4.31. The lowest BCUT2D eigenvalue weighted by Gasteiger charge is -2.23. The summed E-state index contributed by atoms with van der Waals surface area (Å²) in [6, 6.07) is 0. The number of rotatable bonds is 2. The highest BCUT2D eigenvalue weighted by molar-refractivity contribution is 4.82. The molecule has 0 heteroatoms. The van der Waals surface area contributed by atoms with E-state index in [2.05, 4.69) is 27.7 Å². The van der Waals surface area contributed by atoms with Crippen molar-refractivity contribution in [3.05, 3.63) is 0 Å². The first kappa shape index (κ1) is 9.09. The summed E-state index contributed by atoms with van der Waals surface area (Å²) in [4.78, 5) is 0. The third-order valence-electron chi connectivity index (χ3n) is 3.90. The normalized spacial score (nSPS) is 40.9. The summed E-state index contributed by atoms with van der Waals surface area (Å²) in [5.41, 5.74) is 0. The Morgan fingerprint density at radius 3 is 2.27 bits per heavy atom. The monoisotopic (exact) mass is 154 g/mol. The van der Waals surface area contributed by atoms with Crippen LogP contribution in [0.2, 0.25) is 0 Å². The molecule has 0 aromatic carbocycles. The van der Waals surface area contributed by atoms with E-state index in [1.54, 1.807) is 0 Å². The van der Waals surface area contributed by atoms with E-state index < -0.39 is 0 Å². The van der Waals surface area contributed by atoms with Crippen molar-refractivity contribution >= 4 is 0 Å². The van der Waals surface area contributed by atoms with Gasteiger partial charge in [-0.2, -0.15) is 0 Å². The number of hydrogen-bond donors (Lipinski definition) is 0. The van der Waals surface area contributed by atoms with Crippen molar-refractivity contribution in [2.45, 2.75) is 47.0 Å². The average Bonchev–Trinajstić information content (AvgIpc) is 2.32. The molecule has 1 saturated carbocycles. The van der Waals surface area contributed by atoms with E-state index in [-0.39, 0.29) is 0 Å². The molecule has 1 rings (SSSR count). The molecule has 0 radical (unpaired) electrons. The standard InChI is InChI=1S/C11H22/c1-5-8(2)11-7-6-9(3)10(11)4/h8-11H,5-7H2,1-4H3/t8-,9+,10+,11+/m0/s1. The second-order valence-corrected chi connectivity index (χ2v) is 4.46. The van der Waals surface area contributed by atoms with Crippen LogP contribution in [0.15, 0.2) is 0 Å². The van der Waals surface area contributed by atoms with Crippen molar-refractivity contribution in [1.29, 1.82) is 0 Å². The Kier molecular flexibility index (Phi) is 2.98. The molecule has 66 valence electrons. The molecule has 0 bridgehead atoms. The Balaban J connectivity index is 2.47. The maximum absolute atomic E-state index is 2.44. The van der Waals surface area contributed by atoms with Gasteiger partial charge < -0.3 is 0 Å². The van der Waals surface area contributed by atoms with Crippen LogP contribution >= 0.6 is 0 Å². The predicted molar refractivity (Wildman–Crippen MR) is 50.5 cm³/mol. The van der Waals surface area contributed by atoms with E-state index in [1.807, 2.05) is 0 Å². The molecule has 0 aliphatic heterocycles. The smallest absolute Gasteiger partial charge is 0.0360 e. The van der Waals surface area contributed by atoms with Crippen LogP contribution in [-0.4, -0.2) is 0 Å². The van der Waals surface area contributed by atoms with Crippen LogP contribution in [0, 0.1) is 23.7 Å². The minimum atomic E-state index is 0.954. The van der Waals surface area contributed by atoms with Crippen molar-refractivity contribution in [2.75, 3.05) is 0 Å². The highest BCUT2D eigenvalue weighted by Gasteiger charge is 2.32. The maximum atomic E-state index is 2.44. The Labute approximate surface area is 71.4 Å². The van der Waals surface area contributed by atoms with Gasteiger partial charge in [0.2, 0.25) is 0 Å². The fourth-order valence-corrected chi connectivity index (χ4v) is 2.51. The molecule has 0 saturated heterocycles. The van der Waals surface area contributed by atoms with Gasteiger partial charge in [-0.05, 0) is 30.1 Å². The van der Waals surface area contributed by atoms with Gasteiger partial charge in [-0.15, -0.1) is 0 Å². The van der Waals surface area contributed by atoms with Gasteiger partial charge in [0.15, 0.2) is 0 Å². The summed E-state index contributed by atoms with van der Waals surface area (Å²) < 4.78 is 0. The lowest BCUT2D eigenvalue weighted by Crippen LogP contribution is -2.16. The Morgan fingerprint density at radius 2 is 1.91 bits per heavy atom. The van der Waals surface area contributed by atoms with Crippen LogP contribution in [0.3, 0.4) is 0 Å². The second kappa shape index (κ2) is 3.60. The van der Waals surface area contributed by atoms with Crippen molar-refractivity contribution in [3.63, 3.8) is 0 Å². The highest BCUT2D eigenvalue weighted by atomic mass is 14.4.